The maximum Gasteiger partial charge on any atom is 0.343 e. The van der Waals surface area contributed by atoms with E-state index in [-0.39, 0.29) is 17.5 Å². The van der Waals surface area contributed by atoms with E-state index < -0.39 is 39.5 Å². The summed E-state index contributed by atoms with van der Waals surface area (Å²) in [6, 6.07) is 0. The van der Waals surface area contributed by atoms with Crippen molar-refractivity contribution in [2.24, 2.45) is 0 Å². The third-order valence-corrected chi connectivity index (χ3v) is 3.67. The second kappa shape index (κ2) is 6.31. The third-order valence-electron chi connectivity index (χ3n) is 1.50. The van der Waals surface area contributed by atoms with E-state index in [0.717, 1.165) is 4.67 Å². The van der Waals surface area contributed by atoms with Crippen molar-refractivity contribution in [3.63, 3.8) is 0 Å². The monoisotopic (exact) mass is 267 g/mol. The SMILES string of the molecule is [2H]N1C([2H])([2H])C([2H])([2H])COP1(=O)N(CCCl)CC([2H])([2H])Cl. The molecular formula is C7H15Cl2N2O2P. The molecule has 1 atom stereocenters. The Morgan fingerprint density at radius 3 is 3.14 bits per heavy atom. The van der Waals surface area contributed by atoms with Gasteiger partial charge in [-0.05, 0) is 6.37 Å². The van der Waals surface area contributed by atoms with Crippen molar-refractivity contribution in [1.82, 2.24) is 9.75 Å². The fourth-order valence-corrected chi connectivity index (χ4v) is 2.81. The fraction of sp³-hybridized carbons (Fsp3) is 1.00. The van der Waals surface area contributed by atoms with E-state index in [1.807, 2.05) is 0 Å². The second-order valence-corrected chi connectivity index (χ2v) is 5.01. The van der Waals surface area contributed by atoms with Crippen LogP contribution in [-0.4, -0.2) is 42.6 Å². The molecule has 0 bridgehead atoms. The van der Waals surface area contributed by atoms with E-state index in [1.54, 1.807) is 0 Å². The molecule has 1 rings (SSSR count). The van der Waals surface area contributed by atoms with Gasteiger partial charge in [-0.15, -0.1) is 23.2 Å². The van der Waals surface area contributed by atoms with Gasteiger partial charge in [0.1, 0.15) is 1.41 Å². The van der Waals surface area contributed by atoms with Crippen molar-refractivity contribution in [2.75, 3.05) is 37.9 Å². The minimum absolute atomic E-state index is 0.0793. The maximum atomic E-state index is 12.8. The second-order valence-electron chi connectivity index (χ2n) is 2.36. The zero-order valence-corrected chi connectivity index (χ0v) is 9.65. The largest absolute Gasteiger partial charge is 0.343 e. The van der Waals surface area contributed by atoms with Gasteiger partial charge in [0.25, 0.3) is 0 Å². The lowest BCUT2D eigenvalue weighted by molar-refractivity contribution is 0.233. The van der Waals surface area contributed by atoms with Gasteiger partial charge in [-0.2, -0.15) is 0 Å². The molecule has 1 aliphatic heterocycles. The predicted molar refractivity (Wildman–Crippen MR) is 59.2 cm³/mol. The molecule has 1 aliphatic rings. The minimum Gasteiger partial charge on any atom is -0.306 e. The molecule has 0 radical (unpaired) electrons. The molecule has 1 heterocycles. The summed E-state index contributed by atoms with van der Waals surface area (Å²) in [5.74, 6) is -2.37. The highest BCUT2D eigenvalue weighted by Gasteiger charge is 2.32. The van der Waals surface area contributed by atoms with Crippen LogP contribution in [0.3, 0.4) is 0 Å². The molecule has 1 fully saturated rings. The highest BCUT2D eigenvalue weighted by Crippen LogP contribution is 2.47. The first-order valence-corrected chi connectivity index (χ1v) is 6.27. The molecule has 84 valence electrons. The Morgan fingerprint density at radius 1 is 1.71 bits per heavy atom. The Bertz CT molecular complexity index is 436. The van der Waals surface area contributed by atoms with Gasteiger partial charge < -0.3 is 4.52 Å². The molecule has 0 aliphatic carbocycles. The number of hydrogen-bond acceptors (Lipinski definition) is 2. The van der Waals surface area contributed by atoms with Gasteiger partial charge in [-0.3, -0.25) is 4.57 Å². The smallest absolute Gasteiger partial charge is 0.306 e. The molecule has 0 spiro atoms. The molecular weight excluding hydrogens is 246 g/mol. The van der Waals surface area contributed by atoms with Crippen molar-refractivity contribution in [3.8, 4) is 0 Å². The van der Waals surface area contributed by atoms with Crippen LogP contribution in [0.4, 0.5) is 0 Å². The average molecular weight is 268 g/mol. The Hall–Kier alpha value is 0.690. The maximum absolute atomic E-state index is 12.8. The van der Waals surface area contributed by atoms with Crippen LogP contribution in [0.5, 0.6) is 0 Å². The van der Waals surface area contributed by atoms with Crippen LogP contribution >= 0.6 is 30.9 Å². The summed E-state index contributed by atoms with van der Waals surface area (Å²) in [5, 5.41) is -0.0846. The van der Waals surface area contributed by atoms with Gasteiger partial charge in [0, 0.05) is 39.5 Å². The van der Waals surface area contributed by atoms with Crippen molar-refractivity contribution in [2.45, 2.75) is 6.37 Å². The Morgan fingerprint density at radius 2 is 2.50 bits per heavy atom. The molecule has 7 heteroatoms. The van der Waals surface area contributed by atoms with E-state index in [2.05, 4.69) is 0 Å². The summed E-state index contributed by atoms with van der Waals surface area (Å²) >= 11 is 11.0. The molecule has 0 saturated carbocycles. The van der Waals surface area contributed by atoms with Crippen molar-refractivity contribution < 1.29 is 18.7 Å². The van der Waals surface area contributed by atoms with Crippen LogP contribution in [0, 0.1) is 0 Å². The normalized spacial score (nSPS) is 45.2. The van der Waals surface area contributed by atoms with Gasteiger partial charge in [0.15, 0.2) is 0 Å². The van der Waals surface area contributed by atoms with E-state index >= 15 is 0 Å². The summed E-state index contributed by atoms with van der Waals surface area (Å²) in [7, 11) is -4.32. The molecule has 1 N–H and O–H groups in total. The van der Waals surface area contributed by atoms with Crippen LogP contribution < -0.4 is 5.08 Å². The van der Waals surface area contributed by atoms with E-state index in [1.165, 1.54) is 0 Å². The minimum atomic E-state index is -4.32. The number of alkyl halides is 2. The quantitative estimate of drug-likeness (QED) is 0.610. The van der Waals surface area contributed by atoms with Gasteiger partial charge in [-0.1, -0.05) is 0 Å². The highest BCUT2D eigenvalue weighted by atomic mass is 35.5. The Kier molecular flexibility index (Phi) is 2.64. The van der Waals surface area contributed by atoms with Crippen LogP contribution in [0.25, 0.3) is 0 Å². The lowest BCUT2D eigenvalue weighted by atomic mass is 10.5. The number of nitrogens with zero attached hydrogens (tertiary/aromatic N) is 1. The molecule has 1 saturated heterocycles. The molecule has 0 aromatic carbocycles. The fourth-order valence-electron chi connectivity index (χ4n) is 0.882. The van der Waals surface area contributed by atoms with Gasteiger partial charge in [0.05, 0.1) is 6.61 Å². The first kappa shape index (κ1) is 5.85. The molecule has 0 amide bonds. The average Bonchev–Trinajstić information content (AvgIpc) is 2.31. The van der Waals surface area contributed by atoms with Crippen LogP contribution in [0.1, 0.15) is 14.6 Å². The lowest BCUT2D eigenvalue weighted by Crippen LogP contribution is -2.35. The zero-order chi connectivity index (χ0) is 16.7. The molecule has 0 aromatic rings. The highest BCUT2D eigenvalue weighted by molar-refractivity contribution is 7.54. The van der Waals surface area contributed by atoms with Crippen LogP contribution in [0.15, 0.2) is 0 Å². The summed E-state index contributed by atoms with van der Waals surface area (Å²) in [6.45, 7) is -4.51. The standard InChI is InChI=1S/C7H15Cl2N2O2P/c8-2-5-11(6-3-9)14(12)10-4-1-7-13-14/h1-7H2,(H,10,12)/i1D2,2D2,4D2/hD. The van der Waals surface area contributed by atoms with E-state index in [4.69, 9.17) is 37.4 Å². The number of rotatable bonds is 5. The van der Waals surface area contributed by atoms with Crippen LogP contribution in [-0.2, 0) is 9.09 Å². The van der Waals surface area contributed by atoms with Crippen molar-refractivity contribution in [3.05, 3.63) is 0 Å². The summed E-state index contributed by atoms with van der Waals surface area (Å²) in [4.78, 5) is 0. The van der Waals surface area contributed by atoms with Gasteiger partial charge >= 0.3 is 7.67 Å². The molecule has 1 unspecified atom stereocenters. The van der Waals surface area contributed by atoms with Gasteiger partial charge in [0.2, 0.25) is 0 Å². The number of halogens is 2. The first-order valence-electron chi connectivity index (χ1n) is 7.27. The Labute approximate surface area is 104 Å². The van der Waals surface area contributed by atoms with Crippen LogP contribution in [0.2, 0.25) is 1.41 Å². The number of nitrogens with one attached hydrogen (secondary N) is 1. The summed E-state index contributed by atoms with van der Waals surface area (Å²) in [5.41, 5.74) is 0. The zero-order valence-electron chi connectivity index (χ0n) is 14.2. The lowest BCUT2D eigenvalue weighted by Gasteiger charge is -2.33. The molecule has 14 heavy (non-hydrogen) atoms. The number of hydrogen-bond donors (Lipinski definition) is 1. The first-order chi connectivity index (χ1) is 9.28. The molecule has 0 aromatic heterocycles. The molecule has 4 nitrogen and oxygen atoms in total. The van der Waals surface area contributed by atoms with Crippen molar-refractivity contribution >= 4 is 30.9 Å². The van der Waals surface area contributed by atoms with Crippen molar-refractivity contribution in [1.29, 1.82) is 0 Å². The topological polar surface area (TPSA) is 41.6 Å². The predicted octanol–water partition coefficient (Wildman–Crippen LogP) is 1.88. The van der Waals surface area contributed by atoms with E-state index in [9.17, 15) is 4.57 Å². The third kappa shape index (κ3) is 3.37. The summed E-state index contributed by atoms with van der Waals surface area (Å²) in [6.07, 6.45) is -2.55. The van der Waals surface area contributed by atoms with E-state index in [0.29, 0.717) is 0 Å². The van der Waals surface area contributed by atoms with Gasteiger partial charge in [-0.25, -0.2) is 9.75 Å². The Balaban J connectivity index is 3.15. The summed E-state index contributed by atoms with van der Waals surface area (Å²) < 4.78 is 71.1.